The Labute approximate surface area is 168 Å². The number of imide groups is 1. The number of likely N-dealkylation sites (tertiary alicyclic amines) is 1. The van der Waals surface area contributed by atoms with Crippen LogP contribution in [-0.4, -0.2) is 40.7 Å². The van der Waals surface area contributed by atoms with E-state index in [2.05, 4.69) is 24.8 Å². The number of carbonyl (C=O) groups excluding carboxylic acids is 2. The van der Waals surface area contributed by atoms with E-state index in [0.717, 1.165) is 62.7 Å². The molecule has 1 aromatic rings. The Morgan fingerprint density at radius 1 is 0.893 bits per heavy atom. The van der Waals surface area contributed by atoms with Gasteiger partial charge < -0.3 is 4.90 Å². The first-order chi connectivity index (χ1) is 13.5. The van der Waals surface area contributed by atoms with Gasteiger partial charge in [0.1, 0.15) is 5.70 Å². The van der Waals surface area contributed by atoms with E-state index in [-0.39, 0.29) is 17.9 Å². The summed E-state index contributed by atoms with van der Waals surface area (Å²) in [7, 11) is 0. The number of nitrogens with zero attached hydrogens (tertiary/aromatic N) is 2. The molecule has 3 aliphatic rings. The minimum absolute atomic E-state index is 0.0542. The van der Waals surface area contributed by atoms with Crippen LogP contribution in [0.2, 0.25) is 0 Å². The third kappa shape index (κ3) is 3.38. The number of aryl methyl sites for hydroxylation is 2. The Morgan fingerprint density at radius 3 is 2.21 bits per heavy atom. The molecular weight excluding hydrogens is 348 g/mol. The van der Waals surface area contributed by atoms with Crippen LogP contribution in [0.4, 0.5) is 0 Å². The van der Waals surface area contributed by atoms with Crippen molar-refractivity contribution < 1.29 is 9.59 Å². The molecule has 0 radical (unpaired) electrons. The Balaban J connectivity index is 1.77. The second-order valence-electron chi connectivity index (χ2n) is 8.98. The molecule has 4 heteroatoms. The number of benzene rings is 1. The van der Waals surface area contributed by atoms with Gasteiger partial charge in [0.05, 0.1) is 5.57 Å². The van der Waals surface area contributed by atoms with Crippen molar-refractivity contribution in [1.82, 2.24) is 9.80 Å². The topological polar surface area (TPSA) is 40.6 Å². The van der Waals surface area contributed by atoms with Crippen LogP contribution in [0.1, 0.15) is 68.6 Å². The molecule has 1 saturated heterocycles. The third-order valence-corrected chi connectivity index (χ3v) is 6.78. The van der Waals surface area contributed by atoms with E-state index in [1.807, 2.05) is 19.1 Å². The maximum atomic E-state index is 13.6. The Hall–Kier alpha value is -2.10. The van der Waals surface area contributed by atoms with E-state index in [9.17, 15) is 9.59 Å². The summed E-state index contributed by atoms with van der Waals surface area (Å²) in [5, 5.41) is 0. The number of piperidine rings is 1. The summed E-state index contributed by atoms with van der Waals surface area (Å²) >= 11 is 0. The second-order valence-corrected chi connectivity index (χ2v) is 8.98. The van der Waals surface area contributed by atoms with Gasteiger partial charge in [-0.3, -0.25) is 14.5 Å². The Morgan fingerprint density at radius 2 is 1.57 bits per heavy atom. The molecule has 1 saturated carbocycles. The molecule has 4 rings (SSSR count). The molecule has 2 aliphatic heterocycles. The van der Waals surface area contributed by atoms with Crippen LogP contribution in [-0.2, 0) is 9.59 Å². The zero-order chi connectivity index (χ0) is 19.8. The van der Waals surface area contributed by atoms with Crippen LogP contribution < -0.4 is 0 Å². The van der Waals surface area contributed by atoms with Crippen LogP contribution in [0.25, 0.3) is 5.57 Å². The van der Waals surface area contributed by atoms with E-state index < -0.39 is 0 Å². The molecule has 0 aromatic heterocycles. The SMILES string of the molecule is Cc1ccc(C2=C(N3CCC(C)CC3)C(=O)N(C3CCCCC3)C2=O)c(C)c1. The van der Waals surface area contributed by atoms with Crippen molar-refractivity contribution in [3.05, 3.63) is 40.6 Å². The Kier molecular flexibility index (Phi) is 5.31. The average molecular weight is 381 g/mol. The van der Waals surface area contributed by atoms with Gasteiger partial charge >= 0.3 is 0 Å². The molecule has 0 unspecified atom stereocenters. The van der Waals surface area contributed by atoms with Crippen molar-refractivity contribution in [2.45, 2.75) is 71.8 Å². The first-order valence-corrected chi connectivity index (χ1v) is 10.9. The first kappa shape index (κ1) is 19.2. The zero-order valence-electron chi connectivity index (χ0n) is 17.5. The number of hydrogen-bond acceptors (Lipinski definition) is 3. The smallest absolute Gasteiger partial charge is 0.278 e. The zero-order valence-corrected chi connectivity index (χ0v) is 17.5. The minimum Gasteiger partial charge on any atom is -0.366 e. The summed E-state index contributed by atoms with van der Waals surface area (Å²) in [5.74, 6) is 0.557. The summed E-state index contributed by atoms with van der Waals surface area (Å²) in [6.07, 6.45) is 7.47. The highest BCUT2D eigenvalue weighted by Crippen LogP contribution is 2.38. The van der Waals surface area contributed by atoms with Crippen LogP contribution >= 0.6 is 0 Å². The predicted octanol–water partition coefficient (Wildman–Crippen LogP) is 4.45. The van der Waals surface area contributed by atoms with Crippen LogP contribution in [0, 0.1) is 19.8 Å². The molecule has 1 aromatic carbocycles. The average Bonchev–Trinajstić information content (AvgIpc) is 2.93. The van der Waals surface area contributed by atoms with Crippen LogP contribution in [0.15, 0.2) is 23.9 Å². The molecule has 2 amide bonds. The number of carbonyl (C=O) groups is 2. The molecule has 0 spiro atoms. The summed E-state index contributed by atoms with van der Waals surface area (Å²) in [6.45, 7) is 8.11. The summed E-state index contributed by atoms with van der Waals surface area (Å²) in [6, 6.07) is 6.25. The van der Waals surface area contributed by atoms with Gasteiger partial charge in [0, 0.05) is 19.1 Å². The molecular formula is C24H32N2O2. The van der Waals surface area contributed by atoms with Crippen molar-refractivity contribution in [2.75, 3.05) is 13.1 Å². The van der Waals surface area contributed by atoms with E-state index in [0.29, 0.717) is 17.2 Å². The molecule has 1 aliphatic carbocycles. The maximum Gasteiger partial charge on any atom is 0.278 e. The quantitative estimate of drug-likeness (QED) is 0.728. The molecule has 0 N–H and O–H groups in total. The first-order valence-electron chi connectivity index (χ1n) is 10.9. The lowest BCUT2D eigenvalue weighted by molar-refractivity contribution is -0.141. The highest BCUT2D eigenvalue weighted by atomic mass is 16.2. The second kappa shape index (κ2) is 7.73. The van der Waals surface area contributed by atoms with Gasteiger partial charge in [-0.05, 0) is 56.6 Å². The highest BCUT2D eigenvalue weighted by Gasteiger charge is 2.45. The van der Waals surface area contributed by atoms with Crippen molar-refractivity contribution in [3.8, 4) is 0 Å². The molecule has 0 atom stereocenters. The van der Waals surface area contributed by atoms with Crippen LogP contribution in [0.3, 0.4) is 0 Å². The minimum atomic E-state index is -0.0718. The summed E-state index contributed by atoms with van der Waals surface area (Å²) in [4.78, 5) is 31.0. The van der Waals surface area contributed by atoms with E-state index >= 15 is 0 Å². The van der Waals surface area contributed by atoms with Gasteiger partial charge in [-0.2, -0.15) is 0 Å². The number of amides is 2. The number of hydrogen-bond donors (Lipinski definition) is 0. The lowest BCUT2D eigenvalue weighted by Crippen LogP contribution is -2.44. The Bertz CT molecular complexity index is 812. The third-order valence-electron chi connectivity index (χ3n) is 6.78. The van der Waals surface area contributed by atoms with Gasteiger partial charge in [-0.15, -0.1) is 0 Å². The van der Waals surface area contributed by atoms with Gasteiger partial charge in [-0.25, -0.2) is 0 Å². The lowest BCUT2D eigenvalue weighted by atomic mass is 9.93. The van der Waals surface area contributed by atoms with E-state index in [1.165, 1.54) is 12.0 Å². The summed E-state index contributed by atoms with van der Waals surface area (Å²) in [5.41, 5.74) is 4.48. The predicted molar refractivity (Wildman–Crippen MR) is 112 cm³/mol. The maximum absolute atomic E-state index is 13.6. The lowest BCUT2D eigenvalue weighted by Gasteiger charge is -2.34. The summed E-state index contributed by atoms with van der Waals surface area (Å²) < 4.78 is 0. The van der Waals surface area contributed by atoms with Crippen LogP contribution in [0.5, 0.6) is 0 Å². The fraction of sp³-hybridized carbons (Fsp3) is 0.583. The van der Waals surface area contributed by atoms with Crippen molar-refractivity contribution in [3.63, 3.8) is 0 Å². The monoisotopic (exact) mass is 380 g/mol. The fourth-order valence-electron chi connectivity index (χ4n) is 5.07. The van der Waals surface area contributed by atoms with Gasteiger partial charge in [0.25, 0.3) is 11.8 Å². The van der Waals surface area contributed by atoms with Crippen molar-refractivity contribution >= 4 is 17.4 Å². The number of rotatable bonds is 3. The highest BCUT2D eigenvalue weighted by molar-refractivity contribution is 6.36. The molecule has 0 bridgehead atoms. The van der Waals surface area contributed by atoms with E-state index in [4.69, 9.17) is 0 Å². The van der Waals surface area contributed by atoms with Gasteiger partial charge in [-0.1, -0.05) is 49.9 Å². The van der Waals surface area contributed by atoms with Gasteiger partial charge in [0.2, 0.25) is 0 Å². The molecule has 2 fully saturated rings. The van der Waals surface area contributed by atoms with Gasteiger partial charge in [0.15, 0.2) is 0 Å². The fourth-order valence-corrected chi connectivity index (χ4v) is 5.07. The largest absolute Gasteiger partial charge is 0.366 e. The normalized spacial score (nSPS) is 22.5. The van der Waals surface area contributed by atoms with E-state index in [1.54, 1.807) is 4.90 Å². The van der Waals surface area contributed by atoms with Crippen molar-refractivity contribution in [2.24, 2.45) is 5.92 Å². The standard InChI is InChI=1S/C24H32N2O2/c1-16-11-13-25(14-12-16)22-21(20-10-9-17(2)15-18(20)3)23(27)26(24(22)28)19-7-5-4-6-8-19/h9-10,15-16,19H,4-8,11-14H2,1-3H3. The molecule has 150 valence electrons. The molecule has 2 heterocycles. The molecule has 4 nitrogen and oxygen atoms in total. The van der Waals surface area contributed by atoms with Crippen molar-refractivity contribution in [1.29, 1.82) is 0 Å². The molecule has 28 heavy (non-hydrogen) atoms.